The largest absolute Gasteiger partial charge is 0.0793 e. The number of hydrogen-bond acceptors (Lipinski definition) is 0. The predicted octanol–water partition coefficient (Wildman–Crippen LogP) is 8.60. The molecule has 0 radical (unpaired) electrons. The molecule has 0 spiro atoms. The van der Waals surface area contributed by atoms with Crippen LogP contribution in [0.5, 0.6) is 0 Å². The molecule has 0 aliphatic carbocycles. The van der Waals surface area contributed by atoms with E-state index in [1.54, 1.807) is 20.7 Å². The van der Waals surface area contributed by atoms with Crippen molar-refractivity contribution in [3.8, 4) is 0 Å². The molecule has 0 aromatic heterocycles. The van der Waals surface area contributed by atoms with Crippen LogP contribution in [0.25, 0.3) is 0 Å². The van der Waals surface area contributed by atoms with Crippen LogP contribution in [0.1, 0.15) is 0 Å². The van der Waals surface area contributed by atoms with Gasteiger partial charge in [0.2, 0.25) is 0 Å². The van der Waals surface area contributed by atoms with Crippen molar-refractivity contribution in [3.05, 3.63) is 121 Å². The Morgan fingerprint density at radius 2 is 0.477 bits per heavy atom. The molecule has 1 fully saturated rings. The Morgan fingerprint density at radius 1 is 0.318 bits per heavy atom. The Hall–Kier alpha value is -1.82. The lowest BCUT2D eigenvalue weighted by atomic mass is 10.4. The first-order chi connectivity index (χ1) is 20.4. The van der Waals surface area contributed by atoms with E-state index in [0.717, 1.165) is 0 Å². The summed E-state index contributed by atoms with van der Waals surface area (Å²) >= 11 is 0. The second-order valence-corrected chi connectivity index (χ2v) is 50.5. The van der Waals surface area contributed by atoms with Crippen LogP contribution in [-0.2, 0) is 0 Å². The summed E-state index contributed by atoms with van der Waals surface area (Å²) in [4.78, 5) is 0. The van der Waals surface area contributed by atoms with Gasteiger partial charge in [0.05, 0.1) is 32.3 Å². The average molecular weight is 681 g/mol. The van der Waals surface area contributed by atoms with Crippen LogP contribution in [0, 0.1) is 0 Å². The third kappa shape index (κ3) is 3.87. The van der Waals surface area contributed by atoms with Gasteiger partial charge in [-0.1, -0.05) is 221 Å². The van der Waals surface area contributed by atoms with Crippen molar-refractivity contribution in [2.75, 3.05) is 0 Å². The Balaban J connectivity index is 1.98. The van der Waals surface area contributed by atoms with Crippen molar-refractivity contribution in [2.24, 2.45) is 0 Å². The van der Waals surface area contributed by atoms with Crippen molar-refractivity contribution in [1.29, 1.82) is 0 Å². The first-order valence-corrected chi connectivity index (χ1v) is 34.6. The van der Waals surface area contributed by atoms with Gasteiger partial charge in [-0.2, -0.15) is 0 Å². The average Bonchev–Trinajstić information content (AvgIpc) is 2.98. The van der Waals surface area contributed by atoms with Crippen molar-refractivity contribution in [1.82, 2.24) is 0 Å². The summed E-state index contributed by atoms with van der Waals surface area (Å²) < 4.78 is 0.890. The summed E-state index contributed by atoms with van der Waals surface area (Å²) in [7, 11) is -12.4. The molecule has 4 aromatic carbocycles. The molecular weight excluding hydrogens is 625 g/mol. The topological polar surface area (TPSA) is 0 Å². The van der Waals surface area contributed by atoms with Crippen LogP contribution in [0.3, 0.4) is 0 Å². The molecule has 0 nitrogen and oxygen atoms in total. The highest BCUT2D eigenvalue weighted by Crippen LogP contribution is 2.84. The van der Waals surface area contributed by atoms with Gasteiger partial charge in [0.25, 0.3) is 0 Å². The number of rotatable bonds is 8. The Bertz CT molecular complexity index is 1350. The standard InChI is InChI=1S/C38H56Si6/c1-39(2,33-25-17-13-18-26-33)37(40(3,4)34-27-19-14-20-28-34)43(9,10)38(44(37,11)12,41(5,6)35-29-21-15-22-30-35)42(7,8)36-31-23-16-24-32-36/h13-32H,1-12H3. The van der Waals surface area contributed by atoms with E-state index in [0.29, 0.717) is 7.82 Å². The van der Waals surface area contributed by atoms with Gasteiger partial charge in [-0.3, -0.25) is 0 Å². The zero-order valence-corrected chi connectivity index (χ0v) is 35.5. The summed E-state index contributed by atoms with van der Waals surface area (Å²) in [5, 5.41) is 6.74. The quantitative estimate of drug-likeness (QED) is 0.164. The highest BCUT2D eigenvalue weighted by Gasteiger charge is 2.93. The SMILES string of the molecule is C[Si](C)(c1ccccc1)C1([Si](C)(C)c2ccccc2)[Si](C)(C)C([Si](C)(C)c2ccccc2)([Si](C)(C)c2ccccc2)[Si]1(C)C. The van der Waals surface area contributed by atoms with E-state index in [1.165, 1.54) is 0 Å². The fraction of sp³-hybridized carbons (Fsp3) is 0.368. The molecule has 0 unspecified atom stereocenters. The minimum absolute atomic E-state index is 0.445. The normalized spacial score (nSPS) is 19.2. The highest BCUT2D eigenvalue weighted by molar-refractivity contribution is 7.54. The number of hydrogen-bond donors (Lipinski definition) is 0. The molecule has 6 heteroatoms. The van der Waals surface area contributed by atoms with Crippen LogP contribution in [-0.4, -0.2) is 48.4 Å². The Kier molecular flexibility index (Phi) is 8.29. The molecule has 1 aliphatic rings. The van der Waals surface area contributed by atoms with Gasteiger partial charge in [0.15, 0.2) is 0 Å². The Labute approximate surface area is 275 Å². The number of benzene rings is 4. The lowest BCUT2D eigenvalue weighted by molar-refractivity contribution is 0.971. The molecule has 232 valence electrons. The molecule has 0 atom stereocenters. The van der Waals surface area contributed by atoms with Gasteiger partial charge in [-0.05, 0) is 7.82 Å². The van der Waals surface area contributed by atoms with E-state index >= 15 is 0 Å². The molecule has 4 aromatic rings. The van der Waals surface area contributed by atoms with E-state index < -0.39 is 48.4 Å². The van der Waals surface area contributed by atoms with Crippen LogP contribution < -0.4 is 20.7 Å². The van der Waals surface area contributed by atoms with E-state index in [4.69, 9.17) is 0 Å². The zero-order chi connectivity index (χ0) is 32.5. The van der Waals surface area contributed by atoms with Crippen LogP contribution in [0.2, 0.25) is 86.4 Å². The van der Waals surface area contributed by atoms with Crippen LogP contribution in [0.15, 0.2) is 121 Å². The monoisotopic (exact) mass is 680 g/mol. The van der Waals surface area contributed by atoms with Gasteiger partial charge in [0.1, 0.15) is 0 Å². The third-order valence-corrected chi connectivity index (χ3v) is 80.6. The van der Waals surface area contributed by atoms with Crippen molar-refractivity contribution < 1.29 is 0 Å². The maximum absolute atomic E-state index is 2.95. The summed E-state index contributed by atoms with van der Waals surface area (Å²) in [5.41, 5.74) is 0. The van der Waals surface area contributed by atoms with Gasteiger partial charge >= 0.3 is 0 Å². The molecular formula is C38H56Si6. The van der Waals surface area contributed by atoms with Crippen molar-refractivity contribution in [2.45, 2.75) is 86.4 Å². The molecule has 1 aliphatic heterocycles. The summed E-state index contributed by atoms with van der Waals surface area (Å²) in [6.45, 7) is 34.4. The second-order valence-electron chi connectivity index (χ2n) is 16.7. The lowest BCUT2D eigenvalue weighted by Crippen LogP contribution is -3.03. The van der Waals surface area contributed by atoms with E-state index in [2.05, 4.69) is 200 Å². The third-order valence-electron chi connectivity index (χ3n) is 13.5. The fourth-order valence-electron chi connectivity index (χ4n) is 14.2. The minimum atomic E-state index is -2.11. The maximum Gasteiger partial charge on any atom is 0.0793 e. The zero-order valence-electron chi connectivity index (χ0n) is 29.5. The Morgan fingerprint density at radius 3 is 0.636 bits per heavy atom. The van der Waals surface area contributed by atoms with Gasteiger partial charge in [0, 0.05) is 16.1 Å². The van der Waals surface area contributed by atoms with E-state index in [9.17, 15) is 0 Å². The van der Waals surface area contributed by atoms with Crippen molar-refractivity contribution in [3.63, 3.8) is 0 Å². The van der Waals surface area contributed by atoms with E-state index in [-0.39, 0.29) is 0 Å². The first-order valence-electron chi connectivity index (χ1n) is 16.6. The first kappa shape index (κ1) is 33.5. The summed E-state index contributed by atoms with van der Waals surface area (Å²) in [6, 6.07) is 47.8. The summed E-state index contributed by atoms with van der Waals surface area (Å²) in [5.74, 6) is 0. The summed E-state index contributed by atoms with van der Waals surface area (Å²) in [6.07, 6.45) is 0. The minimum Gasteiger partial charge on any atom is -0.0697 e. The highest BCUT2D eigenvalue weighted by atomic mass is 28.6. The lowest BCUT2D eigenvalue weighted by Gasteiger charge is -2.90. The predicted molar refractivity (Wildman–Crippen MR) is 215 cm³/mol. The molecule has 1 saturated heterocycles. The fourth-order valence-corrected chi connectivity index (χ4v) is 113. The molecule has 44 heavy (non-hydrogen) atoms. The molecule has 0 N–H and O–H groups in total. The molecule has 5 rings (SSSR count). The maximum atomic E-state index is 2.95. The smallest absolute Gasteiger partial charge is 0.0697 e. The van der Waals surface area contributed by atoms with Crippen molar-refractivity contribution >= 4 is 69.2 Å². The molecule has 0 amide bonds. The molecule has 0 saturated carbocycles. The van der Waals surface area contributed by atoms with E-state index in [1.807, 2.05) is 0 Å². The van der Waals surface area contributed by atoms with Gasteiger partial charge < -0.3 is 0 Å². The van der Waals surface area contributed by atoms with Crippen LogP contribution >= 0.6 is 0 Å². The molecule has 1 heterocycles. The van der Waals surface area contributed by atoms with Gasteiger partial charge in [-0.15, -0.1) is 0 Å². The molecule has 0 bridgehead atoms. The van der Waals surface area contributed by atoms with Gasteiger partial charge in [-0.25, -0.2) is 0 Å². The van der Waals surface area contributed by atoms with Crippen LogP contribution in [0.4, 0.5) is 0 Å². The second kappa shape index (κ2) is 10.9.